The molecule has 0 spiro atoms. The normalized spacial score (nSPS) is 14.9. The van der Waals surface area contributed by atoms with E-state index < -0.39 is 0 Å². The lowest BCUT2D eigenvalue weighted by Gasteiger charge is -2.09. The lowest BCUT2D eigenvalue weighted by molar-refractivity contribution is 0.407. The van der Waals surface area contributed by atoms with Gasteiger partial charge in [0.25, 0.3) is 0 Å². The molecular weight excluding hydrogens is 212 g/mol. The number of para-hydroxylation sites is 1. The summed E-state index contributed by atoms with van der Waals surface area (Å²) < 4.78 is 5.31. The summed E-state index contributed by atoms with van der Waals surface area (Å²) in [4.78, 5) is 0. The van der Waals surface area contributed by atoms with E-state index in [9.17, 15) is 0 Å². The van der Waals surface area contributed by atoms with Crippen molar-refractivity contribution in [3.63, 3.8) is 0 Å². The molecule has 0 aliphatic heterocycles. The number of hydrogen-bond acceptors (Lipinski definition) is 3. The predicted molar refractivity (Wildman–Crippen MR) is 70.3 cm³/mol. The van der Waals surface area contributed by atoms with Gasteiger partial charge in [-0.25, -0.2) is 0 Å². The zero-order valence-corrected chi connectivity index (χ0v) is 10.5. The molecule has 1 aliphatic carbocycles. The third-order valence-corrected chi connectivity index (χ3v) is 3.05. The van der Waals surface area contributed by atoms with Crippen LogP contribution in [0.25, 0.3) is 0 Å². The van der Waals surface area contributed by atoms with Gasteiger partial charge in [-0.3, -0.25) is 0 Å². The molecule has 94 valence electrons. The quantitative estimate of drug-likeness (QED) is 0.674. The van der Waals surface area contributed by atoms with E-state index in [0.717, 1.165) is 31.4 Å². The fourth-order valence-electron chi connectivity index (χ4n) is 1.88. The van der Waals surface area contributed by atoms with Crippen LogP contribution in [0.4, 0.5) is 0 Å². The molecule has 0 amide bonds. The first-order valence-corrected chi connectivity index (χ1v) is 6.46. The van der Waals surface area contributed by atoms with Gasteiger partial charge >= 0.3 is 0 Å². The Hall–Kier alpha value is -1.06. The van der Waals surface area contributed by atoms with E-state index in [1.54, 1.807) is 7.11 Å². The molecule has 2 N–H and O–H groups in total. The Bertz CT molecular complexity index is 337. The molecule has 3 nitrogen and oxygen atoms in total. The Balaban J connectivity index is 1.59. The second-order valence-corrected chi connectivity index (χ2v) is 4.57. The Labute approximate surface area is 104 Å². The molecule has 0 radical (unpaired) electrons. The van der Waals surface area contributed by atoms with Crippen molar-refractivity contribution in [2.45, 2.75) is 31.8 Å². The molecule has 1 saturated carbocycles. The Morgan fingerprint density at radius 2 is 2.06 bits per heavy atom. The van der Waals surface area contributed by atoms with Crippen LogP contribution in [0.3, 0.4) is 0 Å². The van der Waals surface area contributed by atoms with Crippen LogP contribution in [0.1, 0.15) is 24.8 Å². The molecule has 0 atom stereocenters. The number of benzene rings is 1. The van der Waals surface area contributed by atoms with Crippen molar-refractivity contribution < 1.29 is 4.74 Å². The van der Waals surface area contributed by atoms with Crippen molar-refractivity contribution in [2.24, 2.45) is 0 Å². The SMILES string of the molecule is COc1ccccc1CNCCCNC1CC1. The molecule has 0 bridgehead atoms. The topological polar surface area (TPSA) is 33.3 Å². The first-order valence-electron chi connectivity index (χ1n) is 6.46. The molecule has 2 rings (SSSR count). The monoisotopic (exact) mass is 234 g/mol. The van der Waals surface area contributed by atoms with Gasteiger partial charge < -0.3 is 15.4 Å². The van der Waals surface area contributed by atoms with Crippen LogP contribution in [-0.4, -0.2) is 26.2 Å². The van der Waals surface area contributed by atoms with Gasteiger partial charge in [0.15, 0.2) is 0 Å². The van der Waals surface area contributed by atoms with Gasteiger partial charge in [-0.05, 0) is 38.4 Å². The summed E-state index contributed by atoms with van der Waals surface area (Å²) in [7, 11) is 1.72. The predicted octanol–water partition coefficient (Wildman–Crippen LogP) is 1.93. The summed E-state index contributed by atoms with van der Waals surface area (Å²) in [6.07, 6.45) is 3.93. The fraction of sp³-hybridized carbons (Fsp3) is 0.571. The van der Waals surface area contributed by atoms with Gasteiger partial charge in [0, 0.05) is 18.2 Å². The lowest BCUT2D eigenvalue weighted by Crippen LogP contribution is -2.23. The number of methoxy groups -OCH3 is 1. The van der Waals surface area contributed by atoms with E-state index >= 15 is 0 Å². The molecule has 0 saturated heterocycles. The van der Waals surface area contributed by atoms with Crippen LogP contribution < -0.4 is 15.4 Å². The van der Waals surface area contributed by atoms with E-state index in [1.807, 2.05) is 18.2 Å². The number of hydrogen-bond donors (Lipinski definition) is 2. The number of rotatable bonds is 8. The summed E-state index contributed by atoms with van der Waals surface area (Å²) >= 11 is 0. The molecule has 17 heavy (non-hydrogen) atoms. The van der Waals surface area contributed by atoms with Crippen LogP contribution in [0.15, 0.2) is 24.3 Å². The summed E-state index contributed by atoms with van der Waals surface area (Å²) in [6.45, 7) is 3.06. The van der Waals surface area contributed by atoms with Crippen LogP contribution in [0.5, 0.6) is 5.75 Å². The second-order valence-electron chi connectivity index (χ2n) is 4.57. The molecule has 0 unspecified atom stereocenters. The molecular formula is C14H22N2O. The maximum Gasteiger partial charge on any atom is 0.123 e. The molecule has 1 aliphatic rings. The van der Waals surface area contributed by atoms with Crippen molar-refractivity contribution in [1.29, 1.82) is 0 Å². The van der Waals surface area contributed by atoms with Gasteiger partial charge in [0.1, 0.15) is 5.75 Å². The average Bonchev–Trinajstić information content (AvgIpc) is 3.18. The maximum atomic E-state index is 5.31. The van der Waals surface area contributed by atoms with E-state index in [1.165, 1.54) is 24.8 Å². The van der Waals surface area contributed by atoms with E-state index in [0.29, 0.717) is 0 Å². The van der Waals surface area contributed by atoms with E-state index in [4.69, 9.17) is 4.74 Å². The van der Waals surface area contributed by atoms with E-state index in [2.05, 4.69) is 16.7 Å². The highest BCUT2D eigenvalue weighted by Gasteiger charge is 2.19. The summed E-state index contributed by atoms with van der Waals surface area (Å²) in [6, 6.07) is 8.99. The van der Waals surface area contributed by atoms with Crippen molar-refractivity contribution >= 4 is 0 Å². The minimum Gasteiger partial charge on any atom is -0.496 e. The van der Waals surface area contributed by atoms with Gasteiger partial charge in [-0.15, -0.1) is 0 Å². The Kier molecular flexibility index (Phi) is 4.83. The number of ether oxygens (including phenoxy) is 1. The van der Waals surface area contributed by atoms with Crippen molar-refractivity contribution in [3.05, 3.63) is 29.8 Å². The third-order valence-electron chi connectivity index (χ3n) is 3.05. The van der Waals surface area contributed by atoms with Gasteiger partial charge in [-0.2, -0.15) is 0 Å². The molecule has 0 heterocycles. The van der Waals surface area contributed by atoms with Crippen LogP contribution in [0.2, 0.25) is 0 Å². The van der Waals surface area contributed by atoms with Crippen LogP contribution >= 0.6 is 0 Å². The van der Waals surface area contributed by atoms with Crippen molar-refractivity contribution in [3.8, 4) is 5.75 Å². The second kappa shape index (κ2) is 6.62. The molecule has 1 fully saturated rings. The van der Waals surface area contributed by atoms with Crippen LogP contribution in [0, 0.1) is 0 Å². The minimum absolute atomic E-state index is 0.823. The Morgan fingerprint density at radius 1 is 1.24 bits per heavy atom. The lowest BCUT2D eigenvalue weighted by atomic mass is 10.2. The molecule has 0 aromatic heterocycles. The first kappa shape index (κ1) is 12.4. The largest absolute Gasteiger partial charge is 0.496 e. The molecule has 3 heteroatoms. The zero-order chi connectivity index (χ0) is 11.9. The summed E-state index contributed by atoms with van der Waals surface area (Å²) in [5.74, 6) is 0.969. The van der Waals surface area contributed by atoms with Crippen LogP contribution in [-0.2, 0) is 6.54 Å². The van der Waals surface area contributed by atoms with Crippen molar-refractivity contribution in [1.82, 2.24) is 10.6 Å². The first-order chi connectivity index (χ1) is 8.40. The van der Waals surface area contributed by atoms with Gasteiger partial charge in [0.2, 0.25) is 0 Å². The summed E-state index contributed by atoms with van der Waals surface area (Å²) in [5, 5.41) is 6.96. The third kappa shape index (κ3) is 4.36. The average molecular weight is 234 g/mol. The Morgan fingerprint density at radius 3 is 2.82 bits per heavy atom. The standard InChI is InChI=1S/C14H22N2O/c1-17-14-6-3-2-5-12(14)11-15-9-4-10-16-13-7-8-13/h2-3,5-6,13,15-16H,4,7-11H2,1H3. The van der Waals surface area contributed by atoms with E-state index in [-0.39, 0.29) is 0 Å². The number of nitrogens with one attached hydrogen (secondary N) is 2. The smallest absolute Gasteiger partial charge is 0.123 e. The van der Waals surface area contributed by atoms with Gasteiger partial charge in [-0.1, -0.05) is 18.2 Å². The zero-order valence-electron chi connectivity index (χ0n) is 10.5. The molecule has 1 aromatic carbocycles. The summed E-state index contributed by atoms with van der Waals surface area (Å²) in [5.41, 5.74) is 1.23. The highest BCUT2D eigenvalue weighted by Crippen LogP contribution is 2.18. The van der Waals surface area contributed by atoms with Crippen molar-refractivity contribution in [2.75, 3.05) is 20.2 Å². The fourth-order valence-corrected chi connectivity index (χ4v) is 1.88. The highest BCUT2D eigenvalue weighted by atomic mass is 16.5. The maximum absolute atomic E-state index is 5.31. The minimum atomic E-state index is 0.823. The highest BCUT2D eigenvalue weighted by molar-refractivity contribution is 5.32. The van der Waals surface area contributed by atoms with Gasteiger partial charge in [0.05, 0.1) is 7.11 Å². The molecule has 1 aromatic rings.